The zero-order valence-electron chi connectivity index (χ0n) is 15.4. The van der Waals surface area contributed by atoms with Crippen molar-refractivity contribution in [2.75, 3.05) is 18.4 Å². The first-order chi connectivity index (χ1) is 12.8. The molecule has 0 spiro atoms. The van der Waals surface area contributed by atoms with Gasteiger partial charge in [0.25, 0.3) is 0 Å². The van der Waals surface area contributed by atoms with E-state index >= 15 is 0 Å². The molecule has 1 aliphatic carbocycles. The lowest BCUT2D eigenvalue weighted by molar-refractivity contribution is -0.128. The van der Waals surface area contributed by atoms with Gasteiger partial charge in [0.2, 0.25) is 15.9 Å². The largest absolute Gasteiger partial charge is 0.383 e. The number of sulfonamides is 1. The molecule has 2 rings (SSSR count). The summed E-state index contributed by atoms with van der Waals surface area (Å²) in [6.45, 7) is 0.461. The van der Waals surface area contributed by atoms with Crippen molar-refractivity contribution in [1.29, 1.82) is 0 Å². The summed E-state index contributed by atoms with van der Waals surface area (Å²) in [5.74, 6) is 0.312. The van der Waals surface area contributed by atoms with Crippen molar-refractivity contribution in [2.24, 2.45) is 16.8 Å². The minimum absolute atomic E-state index is 0.0182. The minimum atomic E-state index is -3.73. The predicted molar refractivity (Wildman–Crippen MR) is 103 cm³/mol. The van der Waals surface area contributed by atoms with Gasteiger partial charge in [-0.1, -0.05) is 32.1 Å². The molecule has 150 valence electrons. The minimum Gasteiger partial charge on any atom is -0.383 e. The maximum absolute atomic E-state index is 12.3. The van der Waals surface area contributed by atoms with Crippen molar-refractivity contribution < 1.29 is 18.0 Å². The molecule has 0 aliphatic heterocycles. The maximum atomic E-state index is 12.3. The van der Waals surface area contributed by atoms with Crippen LogP contribution in [0.25, 0.3) is 0 Å². The molecule has 0 unspecified atom stereocenters. The van der Waals surface area contributed by atoms with Gasteiger partial charge in [-0.3, -0.25) is 9.69 Å². The Morgan fingerprint density at radius 1 is 1.11 bits per heavy atom. The SMILES string of the molecule is NC(=O)N(CCNc1ccc(S(N)(=O)=O)cc1)C(=O)CCC1CCCCC1. The molecule has 0 heterocycles. The van der Waals surface area contributed by atoms with Crippen molar-refractivity contribution in [2.45, 2.75) is 49.8 Å². The van der Waals surface area contributed by atoms with Crippen molar-refractivity contribution in [3.8, 4) is 0 Å². The first-order valence-corrected chi connectivity index (χ1v) is 10.8. The van der Waals surface area contributed by atoms with Crippen LogP contribution in [0, 0.1) is 5.92 Å². The number of hydrogen-bond acceptors (Lipinski definition) is 5. The van der Waals surface area contributed by atoms with E-state index in [4.69, 9.17) is 10.9 Å². The van der Waals surface area contributed by atoms with Crippen LogP contribution < -0.4 is 16.2 Å². The fourth-order valence-corrected chi connectivity index (χ4v) is 3.89. The van der Waals surface area contributed by atoms with Gasteiger partial charge >= 0.3 is 6.03 Å². The Hall–Kier alpha value is -2.13. The zero-order valence-corrected chi connectivity index (χ0v) is 16.2. The number of primary amides is 1. The summed E-state index contributed by atoms with van der Waals surface area (Å²) in [6.07, 6.45) is 7.13. The van der Waals surface area contributed by atoms with E-state index in [1.165, 1.54) is 31.4 Å². The second-order valence-corrected chi connectivity index (χ2v) is 8.48. The van der Waals surface area contributed by atoms with Crippen molar-refractivity contribution in [1.82, 2.24) is 4.90 Å². The smallest absolute Gasteiger partial charge is 0.321 e. The van der Waals surface area contributed by atoms with E-state index in [2.05, 4.69) is 5.32 Å². The molecular weight excluding hydrogens is 368 g/mol. The van der Waals surface area contributed by atoms with Gasteiger partial charge in [0.1, 0.15) is 0 Å². The van der Waals surface area contributed by atoms with Gasteiger partial charge in [-0.05, 0) is 36.6 Å². The summed E-state index contributed by atoms with van der Waals surface area (Å²) in [4.78, 5) is 25.0. The predicted octanol–water partition coefficient (Wildman–Crippen LogP) is 2.01. The van der Waals surface area contributed by atoms with Gasteiger partial charge in [-0.2, -0.15) is 0 Å². The van der Waals surface area contributed by atoms with Crippen LogP contribution in [-0.4, -0.2) is 38.3 Å². The molecule has 0 atom stereocenters. The molecule has 0 bridgehead atoms. The highest BCUT2D eigenvalue weighted by atomic mass is 32.2. The standard InChI is InChI=1S/C18H28N4O4S/c19-18(24)22(17(23)11-6-14-4-2-1-3-5-14)13-12-21-15-7-9-16(10-8-15)27(20,25)26/h7-10,14,21H,1-6,11-13H2,(H2,19,24)(H2,20,25,26). The Kier molecular flexibility index (Phi) is 7.61. The van der Waals surface area contributed by atoms with E-state index in [0.29, 0.717) is 24.6 Å². The van der Waals surface area contributed by atoms with Gasteiger partial charge in [0, 0.05) is 25.2 Å². The first-order valence-electron chi connectivity index (χ1n) is 9.24. The molecular formula is C18H28N4O4S. The van der Waals surface area contributed by atoms with Crippen LogP contribution >= 0.6 is 0 Å². The second-order valence-electron chi connectivity index (χ2n) is 6.92. The van der Waals surface area contributed by atoms with Crippen LogP contribution in [0.4, 0.5) is 10.5 Å². The highest BCUT2D eigenvalue weighted by molar-refractivity contribution is 7.89. The van der Waals surface area contributed by atoms with Crippen LogP contribution in [0.5, 0.6) is 0 Å². The summed E-state index contributed by atoms with van der Waals surface area (Å²) in [5, 5.41) is 8.08. The molecule has 8 nitrogen and oxygen atoms in total. The zero-order chi connectivity index (χ0) is 19.9. The topological polar surface area (TPSA) is 136 Å². The lowest BCUT2D eigenvalue weighted by atomic mass is 9.86. The summed E-state index contributed by atoms with van der Waals surface area (Å²) in [7, 11) is -3.73. The number of carbonyl (C=O) groups is 2. The van der Waals surface area contributed by atoms with Crippen LogP contribution in [0.3, 0.4) is 0 Å². The third kappa shape index (κ3) is 6.84. The highest BCUT2D eigenvalue weighted by Gasteiger charge is 2.21. The number of primary sulfonamides is 1. The van der Waals surface area contributed by atoms with E-state index in [-0.39, 0.29) is 17.3 Å². The average molecular weight is 397 g/mol. The number of imide groups is 1. The molecule has 0 aromatic heterocycles. The molecule has 5 N–H and O–H groups in total. The number of amides is 3. The van der Waals surface area contributed by atoms with E-state index in [1.54, 1.807) is 12.1 Å². The fourth-order valence-electron chi connectivity index (χ4n) is 3.37. The molecule has 1 fully saturated rings. The van der Waals surface area contributed by atoms with Gasteiger partial charge in [0.15, 0.2) is 0 Å². The summed E-state index contributed by atoms with van der Waals surface area (Å²) in [5.41, 5.74) is 6.01. The molecule has 27 heavy (non-hydrogen) atoms. The lowest BCUT2D eigenvalue weighted by Crippen LogP contribution is -2.43. The molecule has 1 aliphatic rings. The Morgan fingerprint density at radius 3 is 2.30 bits per heavy atom. The average Bonchev–Trinajstić information content (AvgIpc) is 2.63. The number of nitrogens with zero attached hydrogens (tertiary/aromatic N) is 1. The lowest BCUT2D eigenvalue weighted by Gasteiger charge is -2.23. The number of rotatable bonds is 8. The second kappa shape index (κ2) is 9.70. The number of hydrogen-bond donors (Lipinski definition) is 3. The van der Waals surface area contributed by atoms with Gasteiger partial charge in [-0.15, -0.1) is 0 Å². The molecule has 1 aromatic rings. The third-order valence-electron chi connectivity index (χ3n) is 4.91. The fraction of sp³-hybridized carbons (Fsp3) is 0.556. The molecule has 1 saturated carbocycles. The van der Waals surface area contributed by atoms with Crippen molar-refractivity contribution in [3.05, 3.63) is 24.3 Å². The molecule has 3 amide bonds. The Balaban J connectivity index is 1.81. The molecule has 0 saturated heterocycles. The Labute approximate surface area is 160 Å². The number of nitrogens with one attached hydrogen (secondary N) is 1. The Bertz CT molecular complexity index is 743. The van der Waals surface area contributed by atoms with E-state index in [9.17, 15) is 18.0 Å². The summed E-state index contributed by atoms with van der Waals surface area (Å²) >= 11 is 0. The third-order valence-corrected chi connectivity index (χ3v) is 5.83. The van der Waals surface area contributed by atoms with E-state index < -0.39 is 16.1 Å². The molecule has 1 aromatic carbocycles. The Morgan fingerprint density at radius 2 is 1.74 bits per heavy atom. The van der Waals surface area contributed by atoms with Gasteiger partial charge in [0.05, 0.1) is 4.90 Å². The van der Waals surface area contributed by atoms with Crippen LogP contribution in [0.1, 0.15) is 44.9 Å². The quantitative estimate of drug-likeness (QED) is 0.617. The molecule has 9 heteroatoms. The van der Waals surface area contributed by atoms with Crippen LogP contribution in [-0.2, 0) is 14.8 Å². The van der Waals surface area contributed by atoms with Crippen molar-refractivity contribution in [3.63, 3.8) is 0 Å². The van der Waals surface area contributed by atoms with Gasteiger partial charge in [-0.25, -0.2) is 18.4 Å². The van der Waals surface area contributed by atoms with Crippen molar-refractivity contribution >= 4 is 27.6 Å². The van der Waals surface area contributed by atoms with E-state index in [0.717, 1.165) is 24.2 Å². The molecule has 0 radical (unpaired) electrons. The summed E-state index contributed by atoms with van der Waals surface area (Å²) in [6, 6.07) is 5.16. The normalized spacial score (nSPS) is 15.3. The van der Waals surface area contributed by atoms with E-state index in [1.807, 2.05) is 0 Å². The number of anilines is 1. The monoisotopic (exact) mass is 396 g/mol. The maximum Gasteiger partial charge on any atom is 0.321 e. The van der Waals surface area contributed by atoms with Crippen LogP contribution in [0.2, 0.25) is 0 Å². The van der Waals surface area contributed by atoms with Crippen LogP contribution in [0.15, 0.2) is 29.2 Å². The number of carbonyl (C=O) groups excluding carboxylic acids is 2. The first kappa shape index (κ1) is 21.2. The summed E-state index contributed by atoms with van der Waals surface area (Å²) < 4.78 is 22.5. The number of benzene rings is 1. The van der Waals surface area contributed by atoms with Gasteiger partial charge < -0.3 is 11.1 Å². The number of urea groups is 1. The number of nitrogens with two attached hydrogens (primary N) is 2. The highest BCUT2D eigenvalue weighted by Crippen LogP contribution is 2.27.